The van der Waals surface area contributed by atoms with Gasteiger partial charge in [-0.1, -0.05) is 66.4 Å². The molecule has 1 aliphatic rings. The quantitative estimate of drug-likeness (QED) is 0.489. The van der Waals surface area contributed by atoms with Gasteiger partial charge in [-0.2, -0.15) is 5.01 Å². The number of benzene rings is 2. The summed E-state index contributed by atoms with van der Waals surface area (Å²) in [6.45, 7) is 0. The Labute approximate surface area is 160 Å². The molecule has 1 saturated heterocycles. The van der Waals surface area contributed by atoms with E-state index in [-0.39, 0.29) is 22.6 Å². The van der Waals surface area contributed by atoms with Gasteiger partial charge in [-0.25, -0.2) is 0 Å². The number of carbonyl (C=O) groups is 3. The maximum absolute atomic E-state index is 12.5. The van der Waals surface area contributed by atoms with Crippen molar-refractivity contribution in [3.63, 3.8) is 0 Å². The van der Waals surface area contributed by atoms with Crippen LogP contribution in [0.25, 0.3) is 6.08 Å². The molecule has 5 nitrogen and oxygen atoms in total. The Morgan fingerprint density at radius 3 is 2.38 bits per heavy atom. The average molecular weight is 382 g/mol. The molecule has 1 aliphatic heterocycles. The van der Waals surface area contributed by atoms with Crippen molar-refractivity contribution in [3.8, 4) is 0 Å². The number of aldehydes is 1. The summed E-state index contributed by atoms with van der Waals surface area (Å²) in [6.07, 6.45) is 2.59. The Bertz CT molecular complexity index is 893. The van der Waals surface area contributed by atoms with Crippen LogP contribution in [0.1, 0.15) is 21.5 Å². The lowest BCUT2D eigenvalue weighted by atomic mass is 10.1. The zero-order chi connectivity index (χ0) is 18.5. The number of nitrogens with zero attached hydrogens (tertiary/aromatic N) is 1. The van der Waals surface area contributed by atoms with Crippen molar-refractivity contribution in [1.82, 2.24) is 10.4 Å². The summed E-state index contributed by atoms with van der Waals surface area (Å²) in [4.78, 5) is 35.8. The van der Waals surface area contributed by atoms with Crippen molar-refractivity contribution >= 4 is 52.5 Å². The van der Waals surface area contributed by atoms with Crippen LogP contribution in [0.3, 0.4) is 0 Å². The van der Waals surface area contributed by atoms with Crippen LogP contribution in [0, 0.1) is 0 Å². The SMILES string of the molecule is O=Cc1ccc(C=C2SC(=S)N(NC(=O)Cc3ccccc3)C2=O)cc1. The molecule has 0 atom stereocenters. The monoisotopic (exact) mass is 382 g/mol. The topological polar surface area (TPSA) is 66.5 Å². The van der Waals surface area contributed by atoms with Gasteiger partial charge in [0.05, 0.1) is 11.3 Å². The van der Waals surface area contributed by atoms with E-state index in [1.54, 1.807) is 30.3 Å². The standard InChI is InChI=1S/C19H14N2O3S2/c22-12-15-8-6-14(7-9-15)10-16-18(24)21(19(25)26-16)20-17(23)11-13-4-2-1-3-5-13/h1-10,12H,11H2,(H,20,23). The smallest absolute Gasteiger partial charge is 0.285 e. The molecule has 0 unspecified atom stereocenters. The van der Waals surface area contributed by atoms with Gasteiger partial charge in [0.2, 0.25) is 5.91 Å². The second-order valence-corrected chi connectivity index (χ2v) is 7.17. The van der Waals surface area contributed by atoms with Gasteiger partial charge in [-0.3, -0.25) is 19.8 Å². The highest BCUT2D eigenvalue weighted by atomic mass is 32.2. The first-order valence-corrected chi connectivity index (χ1v) is 8.96. The summed E-state index contributed by atoms with van der Waals surface area (Å²) < 4.78 is 0.271. The summed E-state index contributed by atoms with van der Waals surface area (Å²) in [5.74, 6) is -0.690. The number of rotatable bonds is 5. The van der Waals surface area contributed by atoms with Crippen molar-refractivity contribution in [1.29, 1.82) is 0 Å². The number of nitrogens with one attached hydrogen (secondary N) is 1. The minimum absolute atomic E-state index is 0.157. The predicted octanol–water partition coefficient (Wildman–Crippen LogP) is 2.97. The maximum atomic E-state index is 12.5. The summed E-state index contributed by atoms with van der Waals surface area (Å²) in [7, 11) is 0. The molecule has 0 spiro atoms. The molecule has 0 saturated carbocycles. The summed E-state index contributed by atoms with van der Waals surface area (Å²) in [5, 5.41) is 1.09. The fourth-order valence-electron chi connectivity index (χ4n) is 2.33. The molecular weight excluding hydrogens is 368 g/mol. The van der Waals surface area contributed by atoms with Crippen LogP contribution >= 0.6 is 24.0 Å². The molecule has 0 bridgehead atoms. The predicted molar refractivity (Wildman–Crippen MR) is 105 cm³/mol. The molecule has 0 radical (unpaired) electrons. The van der Waals surface area contributed by atoms with E-state index in [9.17, 15) is 14.4 Å². The third-order valence-electron chi connectivity index (χ3n) is 3.61. The van der Waals surface area contributed by atoms with Crippen LogP contribution in [0.2, 0.25) is 0 Å². The summed E-state index contributed by atoms with van der Waals surface area (Å²) >= 11 is 6.32. The van der Waals surface area contributed by atoms with E-state index >= 15 is 0 Å². The van der Waals surface area contributed by atoms with Gasteiger partial charge in [0, 0.05) is 5.56 Å². The van der Waals surface area contributed by atoms with Crippen molar-refractivity contribution in [2.24, 2.45) is 0 Å². The Hall–Kier alpha value is -2.77. The van der Waals surface area contributed by atoms with Crippen molar-refractivity contribution in [2.45, 2.75) is 6.42 Å². The molecule has 2 amide bonds. The van der Waals surface area contributed by atoms with Crippen LogP contribution in [0.5, 0.6) is 0 Å². The Morgan fingerprint density at radius 2 is 1.73 bits per heavy atom. The minimum atomic E-state index is -0.374. The van der Waals surface area contributed by atoms with Crippen LogP contribution < -0.4 is 5.43 Å². The summed E-state index contributed by atoms with van der Waals surface area (Å²) in [6, 6.07) is 16.1. The third-order valence-corrected chi connectivity index (χ3v) is 4.91. The van der Waals surface area contributed by atoms with E-state index in [0.29, 0.717) is 10.5 Å². The number of carbonyl (C=O) groups excluding carboxylic acids is 3. The molecule has 0 aliphatic carbocycles. The zero-order valence-electron chi connectivity index (χ0n) is 13.5. The lowest BCUT2D eigenvalue weighted by Gasteiger charge is -2.15. The highest BCUT2D eigenvalue weighted by Gasteiger charge is 2.33. The first-order valence-electron chi connectivity index (χ1n) is 7.73. The normalized spacial score (nSPS) is 15.4. The van der Waals surface area contributed by atoms with E-state index in [1.807, 2.05) is 30.3 Å². The van der Waals surface area contributed by atoms with E-state index in [1.165, 1.54) is 0 Å². The number of hydrazine groups is 1. The highest BCUT2D eigenvalue weighted by molar-refractivity contribution is 8.26. The Kier molecular flexibility index (Phi) is 5.60. The minimum Gasteiger partial charge on any atom is -0.298 e. The van der Waals surface area contributed by atoms with Gasteiger partial charge in [-0.05, 0) is 29.4 Å². The number of hydrogen-bond acceptors (Lipinski definition) is 5. The highest BCUT2D eigenvalue weighted by Crippen LogP contribution is 2.31. The number of amides is 2. The van der Waals surface area contributed by atoms with Gasteiger partial charge in [0.25, 0.3) is 5.91 Å². The van der Waals surface area contributed by atoms with Crippen molar-refractivity contribution < 1.29 is 14.4 Å². The molecule has 130 valence electrons. The van der Waals surface area contributed by atoms with E-state index < -0.39 is 0 Å². The van der Waals surface area contributed by atoms with Crippen LogP contribution in [-0.2, 0) is 16.0 Å². The van der Waals surface area contributed by atoms with Crippen LogP contribution in [-0.4, -0.2) is 27.4 Å². The molecule has 2 aromatic carbocycles. The number of thiocarbonyl (C=S) groups is 1. The maximum Gasteiger partial charge on any atom is 0.285 e. The van der Waals surface area contributed by atoms with E-state index in [4.69, 9.17) is 12.2 Å². The summed E-state index contributed by atoms with van der Waals surface area (Å²) in [5.41, 5.74) is 4.73. The molecule has 0 aromatic heterocycles. The molecule has 1 N–H and O–H groups in total. The number of thioether (sulfide) groups is 1. The largest absolute Gasteiger partial charge is 0.298 e. The first kappa shape index (κ1) is 18.0. The van der Waals surface area contributed by atoms with Gasteiger partial charge in [0.15, 0.2) is 4.32 Å². The van der Waals surface area contributed by atoms with Gasteiger partial charge < -0.3 is 0 Å². The van der Waals surface area contributed by atoms with Gasteiger partial charge in [0.1, 0.15) is 6.29 Å². The molecule has 1 heterocycles. The fourth-order valence-corrected chi connectivity index (χ4v) is 3.51. The average Bonchev–Trinajstić information content (AvgIpc) is 2.90. The fraction of sp³-hybridized carbons (Fsp3) is 0.0526. The third kappa shape index (κ3) is 4.25. The Balaban J connectivity index is 1.69. The molecular formula is C19H14N2O3S2. The van der Waals surface area contributed by atoms with Crippen molar-refractivity contribution in [2.75, 3.05) is 0 Å². The first-order chi connectivity index (χ1) is 12.6. The molecule has 1 fully saturated rings. The molecule has 26 heavy (non-hydrogen) atoms. The van der Waals surface area contributed by atoms with Gasteiger partial charge >= 0.3 is 0 Å². The molecule has 7 heteroatoms. The van der Waals surface area contributed by atoms with Gasteiger partial charge in [-0.15, -0.1) is 0 Å². The van der Waals surface area contributed by atoms with Crippen LogP contribution in [0.15, 0.2) is 59.5 Å². The van der Waals surface area contributed by atoms with Crippen molar-refractivity contribution in [3.05, 3.63) is 76.2 Å². The van der Waals surface area contributed by atoms with E-state index in [0.717, 1.165) is 34.2 Å². The second-order valence-electron chi connectivity index (χ2n) is 5.50. The molecule has 3 rings (SSSR count). The molecule has 2 aromatic rings. The van der Waals surface area contributed by atoms with E-state index in [2.05, 4.69) is 5.43 Å². The number of hydrogen-bond donors (Lipinski definition) is 1. The lowest BCUT2D eigenvalue weighted by Crippen LogP contribution is -2.45. The second kappa shape index (κ2) is 8.07. The lowest BCUT2D eigenvalue weighted by molar-refractivity contribution is -0.132. The zero-order valence-corrected chi connectivity index (χ0v) is 15.2. The van der Waals surface area contributed by atoms with Crippen LogP contribution in [0.4, 0.5) is 0 Å². The Morgan fingerprint density at radius 1 is 1.08 bits per heavy atom.